The van der Waals surface area contributed by atoms with E-state index in [0.717, 1.165) is 99.5 Å². The molecule has 0 spiro atoms. The van der Waals surface area contributed by atoms with E-state index in [1.54, 1.807) is 0 Å². The zero-order valence-electron chi connectivity index (χ0n) is 32.7. The summed E-state index contributed by atoms with van der Waals surface area (Å²) in [5, 5.41) is 6.20. The van der Waals surface area contributed by atoms with Crippen molar-refractivity contribution in [2.45, 2.75) is 0 Å². The zero-order chi connectivity index (χ0) is 40.3. The fourth-order valence-corrected chi connectivity index (χ4v) is 8.63. The summed E-state index contributed by atoms with van der Waals surface area (Å²) < 4.78 is 12.9. The van der Waals surface area contributed by atoms with Crippen LogP contribution in [0.15, 0.2) is 215 Å². The highest BCUT2D eigenvalue weighted by atomic mass is 16.3. The van der Waals surface area contributed by atoms with Gasteiger partial charge in [-0.2, -0.15) is 0 Å². The molecule has 12 aromatic rings. The first kappa shape index (κ1) is 34.7. The Kier molecular flexibility index (Phi) is 8.06. The standard InChI is InChI=1S/C55H34N4O2/c1-3-15-40(16-4-1)59(41-17-5-2-6-18-41)42-30-27-36(28-31-42)38-29-32-44-50(34-38)61-49-24-12-21-46(52(44)49)55-57-53(39-26-25-35-13-7-8-14-37(35)33-39)56-54(58-55)45-20-11-23-48-51(45)43-19-9-10-22-47(43)60-48/h1-34H. The lowest BCUT2D eigenvalue weighted by Crippen LogP contribution is -2.09. The summed E-state index contributed by atoms with van der Waals surface area (Å²) in [5.41, 5.74) is 11.2. The van der Waals surface area contributed by atoms with Crippen LogP contribution in [0.4, 0.5) is 17.1 Å². The summed E-state index contributed by atoms with van der Waals surface area (Å²) in [6.45, 7) is 0. The number of rotatable bonds is 7. The molecule has 3 heterocycles. The van der Waals surface area contributed by atoms with Gasteiger partial charge in [0.25, 0.3) is 0 Å². The smallest absolute Gasteiger partial charge is 0.164 e. The molecule has 0 atom stereocenters. The van der Waals surface area contributed by atoms with Crippen molar-refractivity contribution in [3.63, 3.8) is 0 Å². The number of fused-ring (bicyclic) bond motifs is 7. The molecule has 9 aromatic carbocycles. The third-order valence-electron chi connectivity index (χ3n) is 11.5. The van der Waals surface area contributed by atoms with Gasteiger partial charge in [0, 0.05) is 55.3 Å². The van der Waals surface area contributed by atoms with Crippen molar-refractivity contribution in [1.29, 1.82) is 0 Å². The Labute approximate surface area is 350 Å². The molecule has 0 fully saturated rings. The lowest BCUT2D eigenvalue weighted by Gasteiger charge is -2.25. The summed E-state index contributed by atoms with van der Waals surface area (Å²) in [6.07, 6.45) is 0. The lowest BCUT2D eigenvalue weighted by atomic mass is 10.0. The summed E-state index contributed by atoms with van der Waals surface area (Å²) in [4.78, 5) is 17.9. The molecule has 61 heavy (non-hydrogen) atoms. The first-order chi connectivity index (χ1) is 30.2. The third-order valence-corrected chi connectivity index (χ3v) is 11.5. The van der Waals surface area contributed by atoms with E-state index in [0.29, 0.717) is 17.5 Å². The molecular formula is C55H34N4O2. The monoisotopic (exact) mass is 782 g/mol. The van der Waals surface area contributed by atoms with Crippen LogP contribution in [0, 0.1) is 0 Å². The van der Waals surface area contributed by atoms with Gasteiger partial charge in [-0.3, -0.25) is 0 Å². The summed E-state index contributed by atoms with van der Waals surface area (Å²) in [7, 11) is 0. The largest absolute Gasteiger partial charge is 0.456 e. The van der Waals surface area contributed by atoms with Crippen LogP contribution < -0.4 is 4.90 Å². The molecule has 0 saturated carbocycles. The maximum Gasteiger partial charge on any atom is 0.164 e. The number of benzene rings is 9. The predicted molar refractivity (Wildman–Crippen MR) is 248 cm³/mol. The van der Waals surface area contributed by atoms with Gasteiger partial charge in [0.15, 0.2) is 17.5 Å². The Hall–Kier alpha value is -8.35. The summed E-state index contributed by atoms with van der Waals surface area (Å²) in [6, 6.07) is 71.0. The second-order valence-corrected chi connectivity index (χ2v) is 15.2. The van der Waals surface area contributed by atoms with Gasteiger partial charge in [-0.1, -0.05) is 133 Å². The van der Waals surface area contributed by atoms with E-state index >= 15 is 0 Å². The number of aromatic nitrogens is 3. The second-order valence-electron chi connectivity index (χ2n) is 15.2. The second kappa shape index (κ2) is 14.2. The number of furan rings is 2. The first-order valence-electron chi connectivity index (χ1n) is 20.3. The van der Waals surface area contributed by atoms with E-state index in [1.165, 1.54) is 0 Å². The molecular weight excluding hydrogens is 749 g/mol. The first-order valence-corrected chi connectivity index (χ1v) is 20.3. The average Bonchev–Trinajstić information content (AvgIpc) is 3.91. The zero-order valence-corrected chi connectivity index (χ0v) is 32.7. The fourth-order valence-electron chi connectivity index (χ4n) is 8.63. The van der Waals surface area contributed by atoms with Crippen molar-refractivity contribution in [2.75, 3.05) is 4.90 Å². The number of para-hydroxylation sites is 3. The van der Waals surface area contributed by atoms with E-state index < -0.39 is 0 Å². The summed E-state index contributed by atoms with van der Waals surface area (Å²) >= 11 is 0. The number of hydrogen-bond donors (Lipinski definition) is 0. The molecule has 0 amide bonds. The van der Waals surface area contributed by atoms with Gasteiger partial charge >= 0.3 is 0 Å². The molecule has 6 nitrogen and oxygen atoms in total. The molecule has 12 rings (SSSR count). The highest BCUT2D eigenvalue weighted by molar-refractivity contribution is 6.14. The number of nitrogens with zero attached hydrogens (tertiary/aromatic N) is 4. The normalized spacial score (nSPS) is 11.6. The molecule has 0 N–H and O–H groups in total. The van der Waals surface area contributed by atoms with Crippen LogP contribution in [0.3, 0.4) is 0 Å². The van der Waals surface area contributed by atoms with Crippen LogP contribution in [-0.4, -0.2) is 15.0 Å². The molecule has 0 aliphatic heterocycles. The molecule has 6 heteroatoms. The van der Waals surface area contributed by atoms with Gasteiger partial charge < -0.3 is 13.7 Å². The quantitative estimate of drug-likeness (QED) is 0.160. The summed E-state index contributed by atoms with van der Waals surface area (Å²) in [5.74, 6) is 1.72. The maximum absolute atomic E-state index is 6.64. The highest BCUT2D eigenvalue weighted by Crippen LogP contribution is 2.41. The van der Waals surface area contributed by atoms with Crippen molar-refractivity contribution in [3.05, 3.63) is 206 Å². The SMILES string of the molecule is c1ccc(N(c2ccccc2)c2ccc(-c3ccc4c(c3)oc3cccc(-c5nc(-c6ccc7ccccc7c6)nc(-c6cccc7oc8ccccc8c67)n5)c34)cc2)cc1. The van der Waals surface area contributed by atoms with Crippen molar-refractivity contribution in [1.82, 2.24) is 15.0 Å². The average molecular weight is 783 g/mol. The van der Waals surface area contributed by atoms with Crippen molar-refractivity contribution in [3.8, 4) is 45.3 Å². The van der Waals surface area contributed by atoms with E-state index in [9.17, 15) is 0 Å². The predicted octanol–water partition coefficient (Wildman–Crippen LogP) is 15.0. The van der Waals surface area contributed by atoms with Crippen molar-refractivity contribution < 1.29 is 8.83 Å². The van der Waals surface area contributed by atoms with Crippen LogP contribution in [0.25, 0.3) is 99.9 Å². The lowest BCUT2D eigenvalue weighted by molar-refractivity contribution is 0.668. The molecule has 0 aliphatic rings. The van der Waals surface area contributed by atoms with E-state index in [4.69, 9.17) is 23.8 Å². The van der Waals surface area contributed by atoms with Gasteiger partial charge in [0.05, 0.1) is 0 Å². The Balaban J connectivity index is 0.987. The van der Waals surface area contributed by atoms with E-state index in [-0.39, 0.29) is 0 Å². The van der Waals surface area contributed by atoms with Crippen LogP contribution in [0.1, 0.15) is 0 Å². The molecule has 0 saturated heterocycles. The number of anilines is 3. The minimum absolute atomic E-state index is 0.562. The number of hydrogen-bond acceptors (Lipinski definition) is 6. The van der Waals surface area contributed by atoms with Crippen LogP contribution in [-0.2, 0) is 0 Å². The van der Waals surface area contributed by atoms with Crippen LogP contribution >= 0.6 is 0 Å². The van der Waals surface area contributed by atoms with Gasteiger partial charge in [0.1, 0.15) is 22.3 Å². The molecule has 0 bridgehead atoms. The van der Waals surface area contributed by atoms with Gasteiger partial charge in [-0.05, 0) is 94.7 Å². The highest BCUT2D eigenvalue weighted by Gasteiger charge is 2.21. The molecule has 286 valence electrons. The fraction of sp³-hybridized carbons (Fsp3) is 0. The third kappa shape index (κ3) is 6.00. The van der Waals surface area contributed by atoms with Crippen LogP contribution in [0.5, 0.6) is 0 Å². The topological polar surface area (TPSA) is 68.2 Å². The molecule has 0 aliphatic carbocycles. The molecule has 0 radical (unpaired) electrons. The van der Waals surface area contributed by atoms with Gasteiger partial charge in [-0.15, -0.1) is 0 Å². The minimum Gasteiger partial charge on any atom is -0.456 e. The van der Waals surface area contributed by atoms with Crippen molar-refractivity contribution >= 4 is 71.7 Å². The molecule has 0 unspecified atom stereocenters. The maximum atomic E-state index is 6.64. The molecule has 3 aromatic heterocycles. The Morgan fingerprint density at radius 1 is 0.311 bits per heavy atom. The van der Waals surface area contributed by atoms with Crippen molar-refractivity contribution in [2.24, 2.45) is 0 Å². The van der Waals surface area contributed by atoms with Crippen LogP contribution in [0.2, 0.25) is 0 Å². The van der Waals surface area contributed by atoms with E-state index in [1.807, 2.05) is 54.6 Å². The Morgan fingerprint density at radius 2 is 0.820 bits per heavy atom. The Morgan fingerprint density at radius 3 is 1.51 bits per heavy atom. The Bertz CT molecular complexity index is 3560. The minimum atomic E-state index is 0.562. The van der Waals surface area contributed by atoms with Gasteiger partial charge in [0.2, 0.25) is 0 Å². The van der Waals surface area contributed by atoms with Gasteiger partial charge in [-0.25, -0.2) is 15.0 Å². The van der Waals surface area contributed by atoms with E-state index in [2.05, 4.69) is 157 Å².